The van der Waals surface area contributed by atoms with Crippen molar-refractivity contribution >= 4 is 12.1 Å². The molecule has 0 bridgehead atoms. The number of ether oxygens (including phenoxy) is 3. The van der Waals surface area contributed by atoms with Gasteiger partial charge in [0.2, 0.25) is 0 Å². The highest BCUT2D eigenvalue weighted by molar-refractivity contribution is 5.82. The molecule has 32 heavy (non-hydrogen) atoms. The first-order valence-electron chi connectivity index (χ1n) is 11.1. The lowest BCUT2D eigenvalue weighted by Gasteiger charge is -2.25. The van der Waals surface area contributed by atoms with E-state index in [0.29, 0.717) is 12.5 Å². The van der Waals surface area contributed by atoms with E-state index in [2.05, 4.69) is 29.6 Å². The van der Waals surface area contributed by atoms with Crippen molar-refractivity contribution in [3.05, 3.63) is 59.7 Å². The van der Waals surface area contributed by atoms with E-state index in [1.807, 2.05) is 38.1 Å². The van der Waals surface area contributed by atoms with Gasteiger partial charge in [-0.05, 0) is 48.9 Å². The molecule has 3 rings (SSSR count). The molecule has 6 heteroatoms. The Morgan fingerprint density at radius 2 is 1.50 bits per heavy atom. The summed E-state index contributed by atoms with van der Waals surface area (Å²) < 4.78 is 16.6. The van der Waals surface area contributed by atoms with E-state index in [0.717, 1.165) is 22.3 Å². The SMILES string of the molecule is CC(C)COCC(NC(=O)OCC1c2ccccc2-c2ccccc21)C(=O)OC(C)(C)C. The zero-order valence-corrected chi connectivity index (χ0v) is 19.5. The topological polar surface area (TPSA) is 73.9 Å². The Balaban J connectivity index is 1.65. The van der Waals surface area contributed by atoms with Gasteiger partial charge in [-0.25, -0.2) is 9.59 Å². The fraction of sp³-hybridized carbons (Fsp3) is 0.462. The van der Waals surface area contributed by atoms with Gasteiger partial charge >= 0.3 is 12.1 Å². The number of amides is 1. The summed E-state index contributed by atoms with van der Waals surface area (Å²) in [6.07, 6.45) is -0.670. The van der Waals surface area contributed by atoms with Crippen molar-refractivity contribution in [3.63, 3.8) is 0 Å². The maximum Gasteiger partial charge on any atom is 0.407 e. The molecule has 2 aromatic rings. The van der Waals surface area contributed by atoms with Crippen LogP contribution in [0, 0.1) is 5.92 Å². The molecule has 172 valence electrons. The Kier molecular flexibility index (Phi) is 7.56. The van der Waals surface area contributed by atoms with Gasteiger partial charge in [0.05, 0.1) is 6.61 Å². The summed E-state index contributed by atoms with van der Waals surface area (Å²) in [6, 6.07) is 15.3. The zero-order chi connectivity index (χ0) is 23.3. The second-order valence-electron chi connectivity index (χ2n) is 9.49. The van der Waals surface area contributed by atoms with Crippen molar-refractivity contribution in [1.29, 1.82) is 0 Å². The van der Waals surface area contributed by atoms with E-state index in [4.69, 9.17) is 14.2 Å². The van der Waals surface area contributed by atoms with Gasteiger partial charge in [0.15, 0.2) is 6.04 Å². The lowest BCUT2D eigenvalue weighted by molar-refractivity contribution is -0.159. The van der Waals surface area contributed by atoms with Crippen LogP contribution in [0.5, 0.6) is 0 Å². The van der Waals surface area contributed by atoms with Crippen LogP contribution in [0.2, 0.25) is 0 Å². The minimum absolute atomic E-state index is 0.0251. The largest absolute Gasteiger partial charge is 0.458 e. The van der Waals surface area contributed by atoms with E-state index in [1.165, 1.54) is 0 Å². The minimum atomic E-state index is -0.941. The minimum Gasteiger partial charge on any atom is -0.458 e. The van der Waals surface area contributed by atoms with E-state index >= 15 is 0 Å². The molecule has 1 aliphatic rings. The average Bonchev–Trinajstić information content (AvgIpc) is 3.04. The lowest BCUT2D eigenvalue weighted by atomic mass is 9.98. The Labute approximate surface area is 190 Å². The molecule has 1 atom stereocenters. The van der Waals surface area contributed by atoms with E-state index in [9.17, 15) is 9.59 Å². The molecule has 1 unspecified atom stereocenters. The molecule has 1 aliphatic carbocycles. The third-order valence-electron chi connectivity index (χ3n) is 5.06. The first-order chi connectivity index (χ1) is 15.2. The summed E-state index contributed by atoms with van der Waals surface area (Å²) in [7, 11) is 0. The number of rotatable bonds is 8. The molecule has 6 nitrogen and oxygen atoms in total. The number of hydrogen-bond acceptors (Lipinski definition) is 5. The summed E-state index contributed by atoms with van der Waals surface area (Å²) in [5, 5.41) is 2.62. The number of hydrogen-bond donors (Lipinski definition) is 1. The summed E-state index contributed by atoms with van der Waals surface area (Å²) in [6.45, 7) is 10.1. The highest BCUT2D eigenvalue weighted by Gasteiger charge is 2.31. The first kappa shape index (κ1) is 23.8. The Morgan fingerprint density at radius 1 is 0.938 bits per heavy atom. The van der Waals surface area contributed by atoms with E-state index in [-0.39, 0.29) is 19.1 Å². The van der Waals surface area contributed by atoms with Crippen LogP contribution in [0.25, 0.3) is 11.1 Å². The van der Waals surface area contributed by atoms with Crippen molar-refractivity contribution in [2.45, 2.75) is 52.2 Å². The van der Waals surface area contributed by atoms with Crippen molar-refractivity contribution in [2.24, 2.45) is 5.92 Å². The highest BCUT2D eigenvalue weighted by atomic mass is 16.6. The molecule has 0 aliphatic heterocycles. The third kappa shape index (κ3) is 6.10. The van der Waals surface area contributed by atoms with Gasteiger partial charge < -0.3 is 19.5 Å². The smallest absolute Gasteiger partial charge is 0.407 e. The average molecular weight is 440 g/mol. The maximum atomic E-state index is 12.6. The summed E-state index contributed by atoms with van der Waals surface area (Å²) in [5.41, 5.74) is 3.91. The van der Waals surface area contributed by atoms with Crippen LogP contribution in [0.1, 0.15) is 51.7 Å². The monoisotopic (exact) mass is 439 g/mol. The van der Waals surface area contributed by atoms with Crippen LogP contribution >= 0.6 is 0 Å². The van der Waals surface area contributed by atoms with Crippen molar-refractivity contribution < 1.29 is 23.8 Å². The second kappa shape index (κ2) is 10.2. The number of benzene rings is 2. The fourth-order valence-corrected chi connectivity index (χ4v) is 3.75. The number of carbonyl (C=O) groups excluding carboxylic acids is 2. The predicted octanol–water partition coefficient (Wildman–Crippen LogP) is 4.91. The molecule has 0 fully saturated rings. The van der Waals surface area contributed by atoms with Gasteiger partial charge in [0.25, 0.3) is 0 Å². The number of nitrogens with one attached hydrogen (secondary N) is 1. The first-order valence-corrected chi connectivity index (χ1v) is 11.1. The predicted molar refractivity (Wildman–Crippen MR) is 123 cm³/mol. The number of alkyl carbamates (subject to hydrolysis) is 1. The molecule has 0 spiro atoms. The molecule has 0 saturated heterocycles. The summed E-state index contributed by atoms with van der Waals surface area (Å²) >= 11 is 0. The Hall–Kier alpha value is -2.86. The van der Waals surface area contributed by atoms with Crippen LogP contribution in [-0.4, -0.2) is 43.5 Å². The molecule has 0 radical (unpaired) electrons. The normalized spacial score (nSPS) is 13.9. The van der Waals surface area contributed by atoms with Gasteiger partial charge in [-0.1, -0.05) is 62.4 Å². The van der Waals surface area contributed by atoms with Crippen LogP contribution in [-0.2, 0) is 19.0 Å². The quantitative estimate of drug-likeness (QED) is 0.592. The highest BCUT2D eigenvalue weighted by Crippen LogP contribution is 2.44. The Morgan fingerprint density at radius 3 is 2.03 bits per heavy atom. The molecule has 0 saturated carbocycles. The van der Waals surface area contributed by atoms with E-state index < -0.39 is 23.7 Å². The van der Waals surface area contributed by atoms with Gasteiger partial charge in [0.1, 0.15) is 12.2 Å². The number of esters is 1. The van der Waals surface area contributed by atoms with Gasteiger partial charge in [-0.15, -0.1) is 0 Å². The van der Waals surface area contributed by atoms with Gasteiger partial charge in [-0.3, -0.25) is 0 Å². The fourth-order valence-electron chi connectivity index (χ4n) is 3.75. The van der Waals surface area contributed by atoms with Gasteiger partial charge in [-0.2, -0.15) is 0 Å². The van der Waals surface area contributed by atoms with E-state index in [1.54, 1.807) is 20.8 Å². The molecule has 0 aromatic heterocycles. The Bertz CT molecular complexity index is 902. The van der Waals surface area contributed by atoms with Crippen molar-refractivity contribution in [2.75, 3.05) is 19.8 Å². The summed E-state index contributed by atoms with van der Waals surface area (Å²) in [4.78, 5) is 25.2. The van der Waals surface area contributed by atoms with Crippen LogP contribution in [0.4, 0.5) is 4.79 Å². The van der Waals surface area contributed by atoms with Crippen LogP contribution in [0.3, 0.4) is 0 Å². The number of carbonyl (C=O) groups is 2. The molecule has 0 heterocycles. The molecule has 2 aromatic carbocycles. The van der Waals surface area contributed by atoms with Crippen molar-refractivity contribution in [1.82, 2.24) is 5.32 Å². The summed E-state index contributed by atoms with van der Waals surface area (Å²) in [5.74, 6) is -0.288. The third-order valence-corrected chi connectivity index (χ3v) is 5.06. The van der Waals surface area contributed by atoms with Crippen molar-refractivity contribution in [3.8, 4) is 11.1 Å². The molecular weight excluding hydrogens is 406 g/mol. The number of fused-ring (bicyclic) bond motifs is 3. The zero-order valence-electron chi connectivity index (χ0n) is 19.5. The molecule has 1 amide bonds. The molecule has 1 N–H and O–H groups in total. The van der Waals surface area contributed by atoms with Crippen LogP contribution in [0.15, 0.2) is 48.5 Å². The standard InChI is InChI=1S/C26H33NO5/c1-17(2)14-30-16-23(24(28)32-26(3,4)5)27-25(29)31-15-22-20-12-8-6-10-18(20)19-11-7-9-13-21(19)22/h6-13,17,22-23H,14-16H2,1-5H3,(H,27,29). The van der Waals surface area contributed by atoms with Crippen LogP contribution < -0.4 is 5.32 Å². The maximum absolute atomic E-state index is 12.6. The molecular formula is C26H33NO5. The van der Waals surface area contributed by atoms with Gasteiger partial charge in [0, 0.05) is 12.5 Å². The second-order valence-corrected chi connectivity index (χ2v) is 9.49. The lowest BCUT2D eigenvalue weighted by Crippen LogP contribution is -2.47.